The lowest BCUT2D eigenvalue weighted by Gasteiger charge is -2.03. The van der Waals surface area contributed by atoms with E-state index in [2.05, 4.69) is 17.2 Å². The van der Waals surface area contributed by atoms with Crippen molar-refractivity contribution < 1.29 is 14.1 Å². The Bertz CT molecular complexity index is 1310. The van der Waals surface area contributed by atoms with Gasteiger partial charge in [-0.15, -0.1) is 0 Å². The quantitative estimate of drug-likeness (QED) is 0.251. The number of hydrogen-bond donors (Lipinski definition) is 1. The van der Waals surface area contributed by atoms with Crippen LogP contribution in [-0.4, -0.2) is 15.8 Å². The minimum atomic E-state index is -0.474. The molecule has 4 aromatic rings. The van der Waals surface area contributed by atoms with Crippen molar-refractivity contribution in [2.24, 2.45) is 0 Å². The highest BCUT2D eigenvalue weighted by Gasteiger charge is 2.10. The van der Waals surface area contributed by atoms with Crippen LogP contribution in [0.25, 0.3) is 28.6 Å². The molecule has 0 aliphatic rings. The number of aromatic nitrogens is 1. The Morgan fingerprint density at radius 3 is 2.77 bits per heavy atom. The van der Waals surface area contributed by atoms with Crippen molar-refractivity contribution in [1.29, 1.82) is 0 Å². The average Bonchev–Trinajstić information content (AvgIpc) is 3.21. The second-order valence-electron chi connectivity index (χ2n) is 6.93. The maximum Gasteiger partial charge on any atom is 0.270 e. The van der Waals surface area contributed by atoms with Crippen molar-refractivity contribution >= 4 is 34.5 Å². The molecule has 7 nitrogen and oxygen atoms in total. The van der Waals surface area contributed by atoms with Gasteiger partial charge >= 0.3 is 0 Å². The summed E-state index contributed by atoms with van der Waals surface area (Å²) in [5, 5.41) is 13.6. The van der Waals surface area contributed by atoms with Gasteiger partial charge in [0.15, 0.2) is 5.58 Å². The van der Waals surface area contributed by atoms with E-state index >= 15 is 0 Å². The number of nitrogens with zero attached hydrogens (tertiary/aromatic N) is 2. The van der Waals surface area contributed by atoms with Crippen LogP contribution >= 0.6 is 0 Å². The van der Waals surface area contributed by atoms with Crippen LogP contribution in [0.15, 0.2) is 77.2 Å². The molecule has 0 saturated carbocycles. The average molecular weight is 413 g/mol. The second-order valence-corrected chi connectivity index (χ2v) is 6.93. The number of hydrogen-bond acceptors (Lipinski definition) is 5. The van der Waals surface area contributed by atoms with Gasteiger partial charge < -0.3 is 9.73 Å². The number of non-ortho nitro benzene ring substituents is 1. The molecule has 0 atom stereocenters. The summed E-state index contributed by atoms with van der Waals surface area (Å²) in [5.74, 6) is 0.125. The molecule has 0 bridgehead atoms. The molecule has 4 rings (SSSR count). The Balaban J connectivity index is 1.50. The molecule has 3 aromatic carbocycles. The van der Waals surface area contributed by atoms with Crippen molar-refractivity contribution in [3.05, 3.63) is 94.0 Å². The van der Waals surface area contributed by atoms with Crippen LogP contribution in [0, 0.1) is 10.1 Å². The number of rotatable bonds is 6. The summed E-state index contributed by atoms with van der Waals surface area (Å²) in [7, 11) is 0. The Hall–Kier alpha value is -4.26. The van der Waals surface area contributed by atoms with Gasteiger partial charge in [-0.3, -0.25) is 14.9 Å². The van der Waals surface area contributed by atoms with E-state index in [0.29, 0.717) is 22.7 Å². The Morgan fingerprint density at radius 1 is 1.13 bits per heavy atom. The molecule has 0 unspecified atom stereocenters. The zero-order valence-electron chi connectivity index (χ0n) is 16.7. The molecule has 7 heteroatoms. The van der Waals surface area contributed by atoms with E-state index in [1.54, 1.807) is 24.3 Å². The van der Waals surface area contributed by atoms with Crippen LogP contribution in [0.2, 0.25) is 0 Å². The summed E-state index contributed by atoms with van der Waals surface area (Å²) in [6.07, 6.45) is 3.78. The second kappa shape index (κ2) is 8.62. The fourth-order valence-electron chi connectivity index (χ4n) is 3.14. The maximum absolute atomic E-state index is 12.3. The minimum absolute atomic E-state index is 0.0281. The van der Waals surface area contributed by atoms with Crippen molar-refractivity contribution in [1.82, 2.24) is 4.98 Å². The van der Waals surface area contributed by atoms with Crippen LogP contribution in [0.3, 0.4) is 0 Å². The number of amides is 1. The molecule has 0 spiro atoms. The third-order valence-electron chi connectivity index (χ3n) is 4.75. The van der Waals surface area contributed by atoms with E-state index in [0.717, 1.165) is 17.5 Å². The maximum atomic E-state index is 12.3. The fourth-order valence-corrected chi connectivity index (χ4v) is 3.14. The van der Waals surface area contributed by atoms with Crippen LogP contribution in [0.5, 0.6) is 0 Å². The molecular formula is C24H19N3O4. The number of oxazole rings is 1. The summed E-state index contributed by atoms with van der Waals surface area (Å²) >= 11 is 0. The molecular weight excluding hydrogens is 394 g/mol. The van der Waals surface area contributed by atoms with Crippen LogP contribution in [0.1, 0.15) is 18.1 Å². The normalized spacial score (nSPS) is 11.1. The molecule has 1 amide bonds. The molecule has 0 radical (unpaired) electrons. The minimum Gasteiger partial charge on any atom is -0.436 e. The van der Waals surface area contributed by atoms with Crippen molar-refractivity contribution in [3.63, 3.8) is 0 Å². The van der Waals surface area contributed by atoms with Gasteiger partial charge in [-0.1, -0.05) is 31.2 Å². The van der Waals surface area contributed by atoms with Gasteiger partial charge in [0.25, 0.3) is 5.69 Å². The number of benzene rings is 3. The molecule has 154 valence electrons. The summed E-state index contributed by atoms with van der Waals surface area (Å²) in [5.41, 5.74) is 4.56. The van der Waals surface area contributed by atoms with Crippen LogP contribution in [0.4, 0.5) is 11.4 Å². The standard InChI is InChI=1S/C24H19N3O4/c1-2-16-9-11-22-21(14-16)26-24(31-22)18-6-4-7-19(15-18)25-23(28)12-10-17-5-3-8-20(13-17)27(29)30/h3-15H,2H2,1H3,(H,25,28)/b12-10+. The lowest BCUT2D eigenvalue weighted by Crippen LogP contribution is -2.07. The first-order chi connectivity index (χ1) is 15.0. The van der Waals surface area contributed by atoms with E-state index in [4.69, 9.17) is 4.42 Å². The molecule has 0 aliphatic heterocycles. The van der Waals surface area contributed by atoms with E-state index < -0.39 is 4.92 Å². The largest absolute Gasteiger partial charge is 0.436 e. The molecule has 1 heterocycles. The van der Waals surface area contributed by atoms with Gasteiger partial charge in [0.2, 0.25) is 11.8 Å². The third-order valence-corrected chi connectivity index (χ3v) is 4.75. The van der Waals surface area contributed by atoms with E-state index in [1.165, 1.54) is 29.8 Å². The first kappa shape index (κ1) is 20.0. The Morgan fingerprint density at radius 2 is 1.97 bits per heavy atom. The van der Waals surface area contributed by atoms with Crippen LogP contribution in [-0.2, 0) is 11.2 Å². The fraction of sp³-hybridized carbons (Fsp3) is 0.0833. The predicted octanol–water partition coefficient (Wildman–Crippen LogP) is 5.62. The highest BCUT2D eigenvalue weighted by molar-refractivity contribution is 6.02. The molecule has 31 heavy (non-hydrogen) atoms. The van der Waals surface area contributed by atoms with Crippen molar-refractivity contribution in [3.8, 4) is 11.5 Å². The topological polar surface area (TPSA) is 98.3 Å². The zero-order valence-corrected chi connectivity index (χ0v) is 16.7. The number of nitrogens with one attached hydrogen (secondary N) is 1. The number of anilines is 1. The van der Waals surface area contributed by atoms with Crippen LogP contribution < -0.4 is 5.32 Å². The number of carbonyl (C=O) groups is 1. The first-order valence-corrected chi connectivity index (χ1v) is 9.75. The lowest BCUT2D eigenvalue weighted by molar-refractivity contribution is -0.384. The van der Waals surface area contributed by atoms with E-state index in [-0.39, 0.29) is 11.6 Å². The monoisotopic (exact) mass is 413 g/mol. The van der Waals surface area contributed by atoms with Gasteiger partial charge in [-0.05, 0) is 54.0 Å². The molecule has 0 fully saturated rings. The SMILES string of the molecule is CCc1ccc2oc(-c3cccc(NC(=O)/C=C/c4cccc([N+](=O)[O-])c4)c3)nc2c1. The highest BCUT2D eigenvalue weighted by Crippen LogP contribution is 2.27. The number of nitro benzene ring substituents is 1. The summed E-state index contributed by atoms with van der Waals surface area (Å²) in [4.78, 5) is 27.2. The van der Waals surface area contributed by atoms with E-state index in [1.807, 2.05) is 30.3 Å². The number of fused-ring (bicyclic) bond motifs is 1. The summed E-state index contributed by atoms with van der Waals surface area (Å²) < 4.78 is 5.86. The Kier molecular flexibility index (Phi) is 5.57. The van der Waals surface area contributed by atoms with Gasteiger partial charge in [-0.25, -0.2) is 4.98 Å². The van der Waals surface area contributed by atoms with Crippen molar-refractivity contribution in [2.45, 2.75) is 13.3 Å². The third kappa shape index (κ3) is 4.67. The number of aryl methyl sites for hydroxylation is 1. The Labute approximate surface area is 178 Å². The molecule has 1 aromatic heterocycles. The lowest BCUT2D eigenvalue weighted by atomic mass is 10.1. The highest BCUT2D eigenvalue weighted by atomic mass is 16.6. The van der Waals surface area contributed by atoms with Gasteiger partial charge in [0.05, 0.1) is 4.92 Å². The predicted molar refractivity (Wildman–Crippen MR) is 120 cm³/mol. The molecule has 0 saturated heterocycles. The summed E-state index contributed by atoms with van der Waals surface area (Å²) in [6.45, 7) is 2.09. The first-order valence-electron chi connectivity index (χ1n) is 9.75. The summed E-state index contributed by atoms with van der Waals surface area (Å²) in [6, 6.07) is 19.2. The number of carbonyl (C=O) groups excluding carboxylic acids is 1. The van der Waals surface area contributed by atoms with E-state index in [9.17, 15) is 14.9 Å². The van der Waals surface area contributed by atoms with Crippen molar-refractivity contribution in [2.75, 3.05) is 5.32 Å². The molecule has 1 N–H and O–H groups in total. The number of nitro groups is 1. The smallest absolute Gasteiger partial charge is 0.270 e. The molecule has 0 aliphatic carbocycles. The zero-order chi connectivity index (χ0) is 21.8. The van der Waals surface area contributed by atoms with Gasteiger partial charge in [-0.2, -0.15) is 0 Å². The van der Waals surface area contributed by atoms with Gasteiger partial charge in [0, 0.05) is 29.5 Å². The van der Waals surface area contributed by atoms with Gasteiger partial charge in [0.1, 0.15) is 5.52 Å².